The molecule has 0 bridgehead atoms. The molecule has 0 aromatic carbocycles. The van der Waals surface area contributed by atoms with Crippen LogP contribution in [-0.4, -0.2) is 36.3 Å². The van der Waals surface area contributed by atoms with Crippen molar-refractivity contribution in [1.82, 2.24) is 10.2 Å². The Morgan fingerprint density at radius 2 is 2.18 bits per heavy atom. The molecular formula is C13H20N2O2. The van der Waals surface area contributed by atoms with Gasteiger partial charge in [-0.2, -0.15) is 0 Å². The Hall–Kier alpha value is -1.16. The van der Waals surface area contributed by atoms with Gasteiger partial charge in [0.15, 0.2) is 0 Å². The molecule has 1 N–H and O–H groups in total. The van der Waals surface area contributed by atoms with Crippen molar-refractivity contribution < 1.29 is 9.59 Å². The number of likely N-dealkylation sites (tertiary alicyclic amines) is 1. The summed E-state index contributed by atoms with van der Waals surface area (Å²) in [7, 11) is 1.57. The molecule has 94 valence electrons. The third-order valence-corrected chi connectivity index (χ3v) is 3.68. The first-order valence-corrected chi connectivity index (χ1v) is 6.37. The van der Waals surface area contributed by atoms with E-state index < -0.39 is 0 Å². The highest BCUT2D eigenvalue weighted by Crippen LogP contribution is 2.18. The van der Waals surface area contributed by atoms with E-state index in [9.17, 15) is 9.59 Å². The molecule has 2 aliphatic rings. The predicted molar refractivity (Wildman–Crippen MR) is 65.3 cm³/mol. The minimum atomic E-state index is -0.163. The number of allylic oxidation sites excluding steroid dienone is 2. The summed E-state index contributed by atoms with van der Waals surface area (Å²) in [5, 5.41) is 3.31. The number of hydrogen-bond donors (Lipinski definition) is 1. The number of likely N-dealkylation sites (N-methyl/N-ethyl adjacent to an activating group) is 1. The molecule has 0 aromatic rings. The highest BCUT2D eigenvalue weighted by molar-refractivity contribution is 6.00. The van der Waals surface area contributed by atoms with Crippen LogP contribution in [0.4, 0.5) is 0 Å². The van der Waals surface area contributed by atoms with Crippen molar-refractivity contribution in [3.05, 3.63) is 12.2 Å². The molecule has 2 atom stereocenters. The molecule has 0 spiro atoms. The van der Waals surface area contributed by atoms with E-state index in [0.717, 1.165) is 19.4 Å². The Bertz CT molecular complexity index is 338. The van der Waals surface area contributed by atoms with E-state index in [1.165, 1.54) is 11.3 Å². The molecule has 1 heterocycles. The molecule has 1 aliphatic carbocycles. The van der Waals surface area contributed by atoms with Crippen LogP contribution < -0.4 is 5.32 Å². The van der Waals surface area contributed by atoms with E-state index in [2.05, 4.69) is 17.5 Å². The number of imide groups is 1. The summed E-state index contributed by atoms with van der Waals surface area (Å²) in [5.74, 6) is 0.497. The summed E-state index contributed by atoms with van der Waals surface area (Å²) in [6.45, 7) is 0.878. The van der Waals surface area contributed by atoms with Crippen molar-refractivity contribution in [2.45, 2.75) is 38.1 Å². The quantitative estimate of drug-likeness (QED) is 0.589. The highest BCUT2D eigenvalue weighted by Gasteiger charge is 2.31. The van der Waals surface area contributed by atoms with Crippen LogP contribution in [0.2, 0.25) is 0 Å². The fourth-order valence-electron chi connectivity index (χ4n) is 2.46. The van der Waals surface area contributed by atoms with Gasteiger partial charge in [0.2, 0.25) is 11.8 Å². The van der Waals surface area contributed by atoms with E-state index >= 15 is 0 Å². The Labute approximate surface area is 102 Å². The molecule has 2 unspecified atom stereocenters. The first kappa shape index (κ1) is 12.3. The molecule has 0 aromatic heterocycles. The van der Waals surface area contributed by atoms with Crippen LogP contribution in [0.25, 0.3) is 0 Å². The summed E-state index contributed by atoms with van der Waals surface area (Å²) in [6, 6.07) is -0.163. The van der Waals surface area contributed by atoms with Crippen LogP contribution in [0.5, 0.6) is 0 Å². The number of carbonyl (C=O) groups excluding carboxylic acids is 2. The van der Waals surface area contributed by atoms with Gasteiger partial charge in [0.05, 0.1) is 6.04 Å². The average molecular weight is 236 g/mol. The summed E-state index contributed by atoms with van der Waals surface area (Å²) >= 11 is 0. The van der Waals surface area contributed by atoms with Crippen molar-refractivity contribution in [2.24, 2.45) is 5.92 Å². The van der Waals surface area contributed by atoms with Crippen LogP contribution in [0.3, 0.4) is 0 Å². The SMILES string of the molecule is CN1C(=O)CCC(NCC2CC=CCC2)C1=O. The number of nitrogens with one attached hydrogen (secondary N) is 1. The van der Waals surface area contributed by atoms with Gasteiger partial charge in [0, 0.05) is 13.5 Å². The molecule has 2 amide bonds. The number of rotatable bonds is 3. The van der Waals surface area contributed by atoms with Crippen molar-refractivity contribution >= 4 is 11.8 Å². The zero-order chi connectivity index (χ0) is 12.3. The molecule has 1 aliphatic heterocycles. The minimum absolute atomic E-state index is 0.0614. The number of amides is 2. The van der Waals surface area contributed by atoms with E-state index in [0.29, 0.717) is 18.8 Å². The second kappa shape index (κ2) is 5.45. The molecule has 17 heavy (non-hydrogen) atoms. The van der Waals surface area contributed by atoms with Crippen molar-refractivity contribution in [3.63, 3.8) is 0 Å². The van der Waals surface area contributed by atoms with Crippen LogP contribution in [-0.2, 0) is 9.59 Å². The lowest BCUT2D eigenvalue weighted by Crippen LogP contribution is -2.52. The number of hydrogen-bond acceptors (Lipinski definition) is 3. The lowest BCUT2D eigenvalue weighted by Gasteiger charge is -2.29. The Kier molecular flexibility index (Phi) is 3.94. The van der Waals surface area contributed by atoms with Crippen molar-refractivity contribution in [3.8, 4) is 0 Å². The van der Waals surface area contributed by atoms with Crippen molar-refractivity contribution in [2.75, 3.05) is 13.6 Å². The van der Waals surface area contributed by atoms with Crippen LogP contribution in [0, 0.1) is 5.92 Å². The predicted octanol–water partition coefficient (Wildman–Crippen LogP) is 1.08. The van der Waals surface area contributed by atoms with E-state index in [1.807, 2.05) is 0 Å². The maximum atomic E-state index is 11.8. The minimum Gasteiger partial charge on any atom is -0.306 e. The second-order valence-corrected chi connectivity index (χ2v) is 4.94. The van der Waals surface area contributed by atoms with Gasteiger partial charge in [-0.25, -0.2) is 0 Å². The van der Waals surface area contributed by atoms with Gasteiger partial charge in [-0.05, 0) is 38.1 Å². The molecule has 1 fully saturated rings. The van der Waals surface area contributed by atoms with Crippen LogP contribution >= 0.6 is 0 Å². The Morgan fingerprint density at radius 3 is 2.88 bits per heavy atom. The van der Waals surface area contributed by atoms with Crippen molar-refractivity contribution in [1.29, 1.82) is 0 Å². The number of carbonyl (C=O) groups is 2. The van der Waals surface area contributed by atoms with Crippen LogP contribution in [0.1, 0.15) is 32.1 Å². The zero-order valence-corrected chi connectivity index (χ0v) is 10.3. The third-order valence-electron chi connectivity index (χ3n) is 3.68. The normalized spacial score (nSPS) is 29.8. The molecule has 0 radical (unpaired) electrons. The summed E-state index contributed by atoms with van der Waals surface area (Å²) in [6.07, 6.45) is 8.99. The summed E-state index contributed by atoms with van der Waals surface area (Å²) in [4.78, 5) is 24.4. The van der Waals surface area contributed by atoms with E-state index in [1.54, 1.807) is 7.05 Å². The average Bonchev–Trinajstić information content (AvgIpc) is 2.36. The van der Waals surface area contributed by atoms with Gasteiger partial charge in [0.25, 0.3) is 0 Å². The number of piperidine rings is 1. The molecular weight excluding hydrogens is 216 g/mol. The summed E-state index contributed by atoms with van der Waals surface area (Å²) in [5.41, 5.74) is 0. The van der Waals surface area contributed by atoms with Gasteiger partial charge in [-0.15, -0.1) is 0 Å². The molecule has 4 nitrogen and oxygen atoms in total. The Morgan fingerprint density at radius 1 is 1.35 bits per heavy atom. The molecule has 4 heteroatoms. The maximum Gasteiger partial charge on any atom is 0.246 e. The van der Waals surface area contributed by atoms with Gasteiger partial charge in [-0.1, -0.05) is 12.2 Å². The lowest BCUT2D eigenvalue weighted by molar-refractivity contribution is -0.148. The molecule has 1 saturated heterocycles. The second-order valence-electron chi connectivity index (χ2n) is 4.94. The first-order chi connectivity index (χ1) is 8.18. The Balaban J connectivity index is 1.81. The maximum absolute atomic E-state index is 11.8. The lowest BCUT2D eigenvalue weighted by atomic mass is 9.93. The smallest absolute Gasteiger partial charge is 0.246 e. The fourth-order valence-corrected chi connectivity index (χ4v) is 2.46. The molecule has 0 saturated carbocycles. The third kappa shape index (κ3) is 2.94. The van der Waals surface area contributed by atoms with Gasteiger partial charge < -0.3 is 5.32 Å². The zero-order valence-electron chi connectivity index (χ0n) is 10.3. The van der Waals surface area contributed by atoms with Gasteiger partial charge in [-0.3, -0.25) is 14.5 Å². The largest absolute Gasteiger partial charge is 0.306 e. The van der Waals surface area contributed by atoms with E-state index in [-0.39, 0.29) is 17.9 Å². The van der Waals surface area contributed by atoms with E-state index in [4.69, 9.17) is 0 Å². The topological polar surface area (TPSA) is 49.4 Å². The summed E-state index contributed by atoms with van der Waals surface area (Å²) < 4.78 is 0. The molecule has 2 rings (SSSR count). The standard InChI is InChI=1S/C13H20N2O2/c1-15-12(16)8-7-11(13(15)17)14-9-10-5-3-2-4-6-10/h2-3,10-11,14H,4-9H2,1H3. The van der Waals surface area contributed by atoms with Gasteiger partial charge >= 0.3 is 0 Å². The fraction of sp³-hybridized carbons (Fsp3) is 0.692. The monoisotopic (exact) mass is 236 g/mol. The highest BCUT2D eigenvalue weighted by atomic mass is 16.2. The van der Waals surface area contributed by atoms with Crippen LogP contribution in [0.15, 0.2) is 12.2 Å². The number of nitrogens with zero attached hydrogens (tertiary/aromatic N) is 1. The first-order valence-electron chi connectivity index (χ1n) is 6.37. The van der Waals surface area contributed by atoms with Gasteiger partial charge in [0.1, 0.15) is 0 Å².